The van der Waals surface area contributed by atoms with Crippen LogP contribution in [0.4, 0.5) is 4.79 Å². The van der Waals surface area contributed by atoms with Gasteiger partial charge in [-0.3, -0.25) is 0 Å². The molecule has 0 aromatic heterocycles. The average Bonchev–Trinajstić information content (AvgIpc) is 2.69. The van der Waals surface area contributed by atoms with Crippen LogP contribution in [0.1, 0.15) is 27.2 Å². The number of nitrogens with one attached hydrogen (secondary N) is 2. The van der Waals surface area contributed by atoms with Crippen LogP contribution < -0.4 is 10.6 Å². The second-order valence-corrected chi connectivity index (χ2v) is 6.30. The Morgan fingerprint density at radius 1 is 1.44 bits per heavy atom. The number of hydrogen-bond donors (Lipinski definition) is 2. The van der Waals surface area contributed by atoms with Crippen molar-refractivity contribution in [3.63, 3.8) is 0 Å². The van der Waals surface area contributed by atoms with Gasteiger partial charge < -0.3 is 20.3 Å². The van der Waals surface area contributed by atoms with E-state index in [9.17, 15) is 4.79 Å². The highest BCUT2D eigenvalue weighted by atomic mass is 16.5. The number of nitrogens with zero attached hydrogens (tertiary/aromatic N) is 1. The van der Waals surface area contributed by atoms with Crippen LogP contribution in [0.5, 0.6) is 0 Å². The van der Waals surface area contributed by atoms with Crippen molar-refractivity contribution in [1.29, 1.82) is 0 Å². The van der Waals surface area contributed by atoms with Crippen molar-refractivity contribution in [2.45, 2.75) is 39.3 Å². The molecule has 2 fully saturated rings. The summed E-state index contributed by atoms with van der Waals surface area (Å²) >= 11 is 0. The topological polar surface area (TPSA) is 53.6 Å². The predicted molar refractivity (Wildman–Crippen MR) is 70.6 cm³/mol. The Kier molecular flexibility index (Phi) is 4.12. The Balaban J connectivity index is 1.78. The van der Waals surface area contributed by atoms with E-state index >= 15 is 0 Å². The fraction of sp³-hybridized carbons (Fsp3) is 0.923. The number of carbonyl (C=O) groups is 1. The lowest BCUT2D eigenvalue weighted by Gasteiger charge is -2.27. The van der Waals surface area contributed by atoms with Gasteiger partial charge in [0.1, 0.15) is 0 Å². The average molecular weight is 255 g/mol. The first-order valence-electron chi connectivity index (χ1n) is 6.84. The lowest BCUT2D eigenvalue weighted by molar-refractivity contribution is 0.0199. The molecule has 0 bridgehead atoms. The normalized spacial score (nSPS) is 29.5. The summed E-state index contributed by atoms with van der Waals surface area (Å²) in [5, 5.41) is 6.37. The highest BCUT2D eigenvalue weighted by Crippen LogP contribution is 2.24. The monoisotopic (exact) mass is 255 g/mol. The van der Waals surface area contributed by atoms with E-state index in [1.54, 1.807) is 0 Å². The minimum Gasteiger partial charge on any atom is -0.376 e. The first-order valence-corrected chi connectivity index (χ1v) is 6.84. The summed E-state index contributed by atoms with van der Waals surface area (Å²) in [5.41, 5.74) is 0.118. The van der Waals surface area contributed by atoms with Gasteiger partial charge in [-0.15, -0.1) is 0 Å². The Labute approximate surface area is 109 Å². The third-order valence-electron chi connectivity index (χ3n) is 3.76. The molecule has 104 valence electrons. The summed E-state index contributed by atoms with van der Waals surface area (Å²) in [6, 6.07) is 0.314. The zero-order valence-electron chi connectivity index (χ0n) is 11.7. The molecular formula is C13H25N3O2. The molecule has 0 radical (unpaired) electrons. The molecule has 2 aliphatic heterocycles. The van der Waals surface area contributed by atoms with Gasteiger partial charge in [0.15, 0.2) is 0 Å². The molecule has 2 rings (SSSR count). The number of urea groups is 1. The van der Waals surface area contributed by atoms with Gasteiger partial charge >= 0.3 is 6.03 Å². The number of ether oxygens (including phenoxy) is 1. The van der Waals surface area contributed by atoms with Crippen molar-refractivity contribution in [1.82, 2.24) is 15.5 Å². The van der Waals surface area contributed by atoms with Crippen molar-refractivity contribution < 1.29 is 9.53 Å². The molecule has 5 nitrogen and oxygen atoms in total. The smallest absolute Gasteiger partial charge is 0.317 e. The fourth-order valence-corrected chi connectivity index (χ4v) is 2.38. The molecule has 2 saturated heterocycles. The van der Waals surface area contributed by atoms with Crippen molar-refractivity contribution in [2.75, 3.05) is 32.8 Å². The minimum absolute atomic E-state index is 0.0682. The molecule has 0 aliphatic carbocycles. The maximum Gasteiger partial charge on any atom is 0.317 e. The number of amides is 2. The Hall–Kier alpha value is -0.810. The van der Waals surface area contributed by atoms with Gasteiger partial charge in [0.05, 0.1) is 18.8 Å². The van der Waals surface area contributed by atoms with Gasteiger partial charge in [-0.2, -0.15) is 0 Å². The summed E-state index contributed by atoms with van der Waals surface area (Å²) < 4.78 is 5.65. The largest absolute Gasteiger partial charge is 0.376 e. The summed E-state index contributed by atoms with van der Waals surface area (Å²) in [4.78, 5) is 13.8. The van der Waals surface area contributed by atoms with Crippen LogP contribution in [-0.2, 0) is 4.74 Å². The van der Waals surface area contributed by atoms with Crippen LogP contribution >= 0.6 is 0 Å². The molecule has 0 aromatic carbocycles. The summed E-state index contributed by atoms with van der Waals surface area (Å²) in [6.07, 6.45) is 1.16. The Morgan fingerprint density at radius 3 is 2.78 bits per heavy atom. The van der Waals surface area contributed by atoms with E-state index in [2.05, 4.69) is 31.4 Å². The third-order valence-corrected chi connectivity index (χ3v) is 3.76. The van der Waals surface area contributed by atoms with E-state index < -0.39 is 0 Å². The third kappa shape index (κ3) is 3.36. The van der Waals surface area contributed by atoms with E-state index in [1.165, 1.54) is 0 Å². The minimum atomic E-state index is 0.0682. The second kappa shape index (κ2) is 5.45. The zero-order valence-corrected chi connectivity index (χ0v) is 11.7. The van der Waals surface area contributed by atoms with Crippen LogP contribution in [-0.4, -0.2) is 55.9 Å². The van der Waals surface area contributed by atoms with Gasteiger partial charge in [0, 0.05) is 26.2 Å². The van der Waals surface area contributed by atoms with Crippen molar-refractivity contribution in [3.05, 3.63) is 0 Å². The van der Waals surface area contributed by atoms with Crippen molar-refractivity contribution in [2.24, 2.45) is 5.41 Å². The summed E-state index contributed by atoms with van der Waals surface area (Å²) in [5.74, 6) is 0. The number of carbonyl (C=O) groups excluding carboxylic acids is 1. The van der Waals surface area contributed by atoms with Crippen LogP contribution in [0.25, 0.3) is 0 Å². The van der Waals surface area contributed by atoms with Gasteiger partial charge in [0.25, 0.3) is 0 Å². The summed E-state index contributed by atoms with van der Waals surface area (Å²) in [7, 11) is 0. The molecule has 2 heterocycles. The van der Waals surface area contributed by atoms with Crippen LogP contribution in [0.2, 0.25) is 0 Å². The zero-order chi connectivity index (χ0) is 13.2. The maximum absolute atomic E-state index is 11.9. The van der Waals surface area contributed by atoms with Gasteiger partial charge in [-0.05, 0) is 11.8 Å². The molecule has 2 aliphatic rings. The van der Waals surface area contributed by atoms with Crippen molar-refractivity contribution >= 4 is 6.03 Å². The van der Waals surface area contributed by atoms with Crippen molar-refractivity contribution in [3.8, 4) is 0 Å². The number of morpholine rings is 1. The van der Waals surface area contributed by atoms with E-state index in [1.807, 2.05) is 4.90 Å². The second-order valence-electron chi connectivity index (χ2n) is 6.30. The van der Waals surface area contributed by atoms with Crippen LogP contribution in [0.15, 0.2) is 0 Å². The van der Waals surface area contributed by atoms with Gasteiger partial charge in [-0.1, -0.05) is 20.8 Å². The summed E-state index contributed by atoms with van der Waals surface area (Å²) in [6.45, 7) is 10.7. The lowest BCUT2D eigenvalue weighted by atomic mass is 9.87. The highest BCUT2D eigenvalue weighted by Gasteiger charge is 2.36. The molecule has 0 aromatic rings. The van der Waals surface area contributed by atoms with Crippen LogP contribution in [0.3, 0.4) is 0 Å². The predicted octanol–water partition coefficient (Wildman–Crippen LogP) is 0.805. The van der Waals surface area contributed by atoms with Gasteiger partial charge in [0.2, 0.25) is 0 Å². The van der Waals surface area contributed by atoms with E-state index in [-0.39, 0.29) is 23.6 Å². The van der Waals surface area contributed by atoms with E-state index in [0.29, 0.717) is 0 Å². The fourth-order valence-electron chi connectivity index (χ4n) is 2.38. The first-order chi connectivity index (χ1) is 8.47. The molecule has 2 N–H and O–H groups in total. The van der Waals surface area contributed by atoms with E-state index in [0.717, 1.165) is 39.2 Å². The molecular weight excluding hydrogens is 230 g/mol. The molecule has 2 atom stereocenters. The molecule has 0 saturated carbocycles. The van der Waals surface area contributed by atoms with E-state index in [4.69, 9.17) is 4.74 Å². The number of rotatable bonds is 3. The molecule has 18 heavy (non-hydrogen) atoms. The number of hydrogen-bond acceptors (Lipinski definition) is 3. The maximum atomic E-state index is 11.9. The molecule has 2 unspecified atom stereocenters. The van der Waals surface area contributed by atoms with Crippen LogP contribution in [0, 0.1) is 5.41 Å². The SMILES string of the molecule is CC(C)(C)C1CN(CCC2CNCCO2)C(=O)N1. The molecule has 2 amide bonds. The first kappa shape index (κ1) is 13.6. The molecule has 5 heteroatoms. The lowest BCUT2D eigenvalue weighted by Crippen LogP contribution is -2.41. The molecule has 0 spiro atoms. The van der Waals surface area contributed by atoms with Gasteiger partial charge in [-0.25, -0.2) is 4.79 Å². The Morgan fingerprint density at radius 2 is 2.22 bits per heavy atom. The standard InChI is InChI=1S/C13H25N3O2/c1-13(2,3)11-9-16(12(17)15-11)6-4-10-8-14-5-7-18-10/h10-11,14H,4-9H2,1-3H3,(H,15,17). The Bertz CT molecular complexity index is 295. The highest BCUT2D eigenvalue weighted by molar-refractivity contribution is 5.77. The quantitative estimate of drug-likeness (QED) is 0.784.